The molecule has 0 saturated heterocycles. The third-order valence-electron chi connectivity index (χ3n) is 2.79. The Morgan fingerprint density at radius 2 is 2.17 bits per heavy atom. The summed E-state index contributed by atoms with van der Waals surface area (Å²) in [6, 6.07) is -0.0418. The van der Waals surface area contributed by atoms with Gasteiger partial charge in [-0.25, -0.2) is 13.1 Å². The fourth-order valence-electron chi connectivity index (χ4n) is 1.88. The third-order valence-corrected chi connectivity index (χ3v) is 5.86. The largest absolute Gasteiger partial charge is 0.326 e. The molecule has 0 aliphatic heterocycles. The molecule has 0 amide bonds. The molecule has 0 aliphatic rings. The first-order chi connectivity index (χ1) is 8.42. The number of nitrogens with two attached hydrogens (primary N) is 1. The predicted molar refractivity (Wildman–Crippen MR) is 76.3 cm³/mol. The van der Waals surface area contributed by atoms with Crippen LogP contribution < -0.4 is 10.5 Å². The lowest BCUT2D eigenvalue weighted by Gasteiger charge is -2.14. The average molecular weight is 290 g/mol. The summed E-state index contributed by atoms with van der Waals surface area (Å²) >= 11 is 1.40. The molecule has 18 heavy (non-hydrogen) atoms. The van der Waals surface area contributed by atoms with E-state index in [9.17, 15) is 8.42 Å². The third kappa shape index (κ3) is 3.78. The topological polar surface area (TPSA) is 72.2 Å². The maximum Gasteiger partial charge on any atom is 0.242 e. The van der Waals surface area contributed by atoms with Crippen molar-refractivity contribution in [3.05, 3.63) is 15.8 Å². The Kier molecular flexibility index (Phi) is 5.78. The molecule has 4 nitrogen and oxygen atoms in total. The van der Waals surface area contributed by atoms with Crippen molar-refractivity contribution in [3.63, 3.8) is 0 Å². The molecule has 1 atom stereocenters. The molecule has 1 unspecified atom stereocenters. The molecular weight excluding hydrogens is 268 g/mol. The lowest BCUT2D eigenvalue weighted by Crippen LogP contribution is -2.33. The number of nitrogens with one attached hydrogen (secondary N) is 1. The van der Waals surface area contributed by atoms with Gasteiger partial charge in [-0.3, -0.25) is 0 Å². The van der Waals surface area contributed by atoms with E-state index in [1.165, 1.54) is 11.3 Å². The molecule has 0 bridgehead atoms. The first kappa shape index (κ1) is 15.6. The van der Waals surface area contributed by atoms with Crippen molar-refractivity contribution >= 4 is 21.4 Å². The number of sulfonamides is 1. The lowest BCUT2D eigenvalue weighted by molar-refractivity contribution is 0.533. The van der Waals surface area contributed by atoms with Gasteiger partial charge in [0.05, 0.1) is 0 Å². The molecule has 6 heteroatoms. The highest BCUT2D eigenvalue weighted by Crippen LogP contribution is 2.26. The Morgan fingerprint density at radius 1 is 1.50 bits per heavy atom. The van der Waals surface area contributed by atoms with Crippen LogP contribution in [0.1, 0.15) is 43.6 Å². The van der Waals surface area contributed by atoms with Gasteiger partial charge in [-0.15, -0.1) is 11.3 Å². The van der Waals surface area contributed by atoms with Crippen LogP contribution in [0, 0.1) is 6.92 Å². The zero-order valence-corrected chi connectivity index (χ0v) is 12.8. The van der Waals surface area contributed by atoms with Crippen molar-refractivity contribution in [1.82, 2.24) is 4.72 Å². The molecule has 0 spiro atoms. The molecule has 1 heterocycles. The van der Waals surface area contributed by atoms with Crippen molar-refractivity contribution in [2.24, 2.45) is 5.73 Å². The first-order valence-corrected chi connectivity index (χ1v) is 8.58. The van der Waals surface area contributed by atoms with E-state index in [2.05, 4.69) is 11.6 Å². The Balaban J connectivity index is 2.89. The number of unbranched alkanes of at least 4 members (excludes halogenated alkanes) is 1. The molecule has 0 saturated carbocycles. The van der Waals surface area contributed by atoms with Gasteiger partial charge < -0.3 is 5.73 Å². The van der Waals surface area contributed by atoms with Gasteiger partial charge in [0.2, 0.25) is 10.0 Å². The van der Waals surface area contributed by atoms with Gasteiger partial charge in [0, 0.05) is 17.5 Å². The summed E-state index contributed by atoms with van der Waals surface area (Å²) in [6.45, 7) is 6.06. The Bertz CT molecular complexity index is 480. The van der Waals surface area contributed by atoms with E-state index in [-0.39, 0.29) is 12.6 Å². The first-order valence-electron chi connectivity index (χ1n) is 6.21. The molecule has 0 fully saturated rings. The Hall–Kier alpha value is -0.430. The fraction of sp³-hybridized carbons (Fsp3) is 0.667. The van der Waals surface area contributed by atoms with Crippen molar-refractivity contribution < 1.29 is 8.42 Å². The summed E-state index contributed by atoms with van der Waals surface area (Å²) < 4.78 is 27.3. The Morgan fingerprint density at radius 3 is 2.72 bits per heavy atom. The molecular formula is C12H22N2O2S2. The molecule has 1 aromatic rings. The van der Waals surface area contributed by atoms with Gasteiger partial charge in [0.25, 0.3) is 0 Å². The molecule has 0 aliphatic carbocycles. The maximum atomic E-state index is 12.3. The van der Waals surface area contributed by atoms with Crippen molar-refractivity contribution in [1.29, 1.82) is 0 Å². The van der Waals surface area contributed by atoms with Crippen molar-refractivity contribution in [2.75, 3.05) is 0 Å². The average Bonchev–Trinajstić information content (AvgIpc) is 2.67. The maximum absolute atomic E-state index is 12.3. The zero-order chi connectivity index (χ0) is 13.8. The summed E-state index contributed by atoms with van der Waals surface area (Å²) in [4.78, 5) is 1.10. The van der Waals surface area contributed by atoms with Gasteiger partial charge in [-0.05, 0) is 31.2 Å². The van der Waals surface area contributed by atoms with Crippen molar-refractivity contribution in [2.45, 2.75) is 57.5 Å². The van der Waals surface area contributed by atoms with E-state index in [1.807, 2.05) is 12.3 Å². The number of rotatable bonds is 7. The van der Waals surface area contributed by atoms with Gasteiger partial charge in [0.1, 0.15) is 4.90 Å². The van der Waals surface area contributed by atoms with Crippen LogP contribution in [0.2, 0.25) is 0 Å². The van der Waals surface area contributed by atoms with Crippen LogP contribution in [0.5, 0.6) is 0 Å². The van der Waals surface area contributed by atoms with Gasteiger partial charge >= 0.3 is 0 Å². The second-order valence-electron chi connectivity index (χ2n) is 4.54. The molecule has 1 aromatic heterocycles. The van der Waals surface area contributed by atoms with E-state index in [4.69, 9.17) is 5.73 Å². The number of thiophene rings is 1. The number of aryl methyl sites for hydroxylation is 1. The van der Waals surface area contributed by atoms with Crippen LogP contribution in [-0.4, -0.2) is 14.5 Å². The summed E-state index contributed by atoms with van der Waals surface area (Å²) in [5.41, 5.74) is 6.36. The SMILES string of the molecule is CCCCC(C)NS(=O)(=O)c1c(C)csc1CN. The minimum absolute atomic E-state index is 0.0418. The van der Waals surface area contributed by atoms with E-state index in [0.717, 1.165) is 29.7 Å². The van der Waals surface area contributed by atoms with Crippen LogP contribution in [0.15, 0.2) is 10.3 Å². The normalized spacial score (nSPS) is 13.8. The number of hydrogen-bond acceptors (Lipinski definition) is 4. The standard InChI is InChI=1S/C12H22N2O2S2/c1-4-5-6-10(3)14-18(15,16)12-9(2)8-17-11(12)7-13/h8,10,14H,4-7,13H2,1-3H3. The second-order valence-corrected chi connectivity index (χ2v) is 7.15. The summed E-state index contributed by atoms with van der Waals surface area (Å²) in [6.07, 6.45) is 2.95. The van der Waals surface area contributed by atoms with E-state index < -0.39 is 10.0 Å². The van der Waals surface area contributed by atoms with E-state index in [0.29, 0.717) is 4.90 Å². The minimum Gasteiger partial charge on any atom is -0.326 e. The van der Waals surface area contributed by atoms with Crippen molar-refractivity contribution in [3.8, 4) is 0 Å². The highest BCUT2D eigenvalue weighted by Gasteiger charge is 2.23. The van der Waals surface area contributed by atoms with Gasteiger partial charge in [-0.2, -0.15) is 0 Å². The molecule has 3 N–H and O–H groups in total. The lowest BCUT2D eigenvalue weighted by atomic mass is 10.2. The van der Waals surface area contributed by atoms with Gasteiger partial charge in [0.15, 0.2) is 0 Å². The van der Waals surface area contributed by atoms with Crippen LogP contribution >= 0.6 is 11.3 Å². The van der Waals surface area contributed by atoms with Crippen LogP contribution in [0.3, 0.4) is 0 Å². The predicted octanol–water partition coefficient (Wildman–Crippen LogP) is 2.37. The van der Waals surface area contributed by atoms with Crippen LogP contribution in [0.25, 0.3) is 0 Å². The van der Waals surface area contributed by atoms with Crippen LogP contribution in [-0.2, 0) is 16.6 Å². The quantitative estimate of drug-likeness (QED) is 0.810. The van der Waals surface area contributed by atoms with E-state index in [1.54, 1.807) is 6.92 Å². The smallest absolute Gasteiger partial charge is 0.242 e. The highest BCUT2D eigenvalue weighted by atomic mass is 32.2. The van der Waals surface area contributed by atoms with E-state index >= 15 is 0 Å². The highest BCUT2D eigenvalue weighted by molar-refractivity contribution is 7.89. The molecule has 0 aromatic carbocycles. The fourth-order valence-corrected chi connectivity index (χ4v) is 4.86. The van der Waals surface area contributed by atoms with Crippen LogP contribution in [0.4, 0.5) is 0 Å². The molecule has 104 valence electrons. The molecule has 0 radical (unpaired) electrons. The summed E-state index contributed by atoms with van der Waals surface area (Å²) in [5, 5.41) is 1.84. The summed E-state index contributed by atoms with van der Waals surface area (Å²) in [7, 11) is -3.44. The monoisotopic (exact) mass is 290 g/mol. The van der Waals surface area contributed by atoms with Gasteiger partial charge in [-0.1, -0.05) is 19.8 Å². The molecule has 1 rings (SSSR count). The number of hydrogen-bond donors (Lipinski definition) is 2. The zero-order valence-electron chi connectivity index (χ0n) is 11.2. The summed E-state index contributed by atoms with van der Waals surface area (Å²) in [5.74, 6) is 0. The second kappa shape index (κ2) is 6.65. The Labute approximate surface area is 114 Å². The minimum atomic E-state index is -3.44.